The second-order valence-corrected chi connectivity index (χ2v) is 11.2. The van der Waals surface area contributed by atoms with Gasteiger partial charge in [0.2, 0.25) is 10.0 Å². The van der Waals surface area contributed by atoms with Gasteiger partial charge in [0.1, 0.15) is 0 Å². The lowest BCUT2D eigenvalue weighted by Gasteiger charge is -2.27. The summed E-state index contributed by atoms with van der Waals surface area (Å²) in [6.45, 7) is 3.81. The molecule has 2 saturated heterocycles. The van der Waals surface area contributed by atoms with Crippen LogP contribution >= 0.6 is 11.3 Å². The second-order valence-electron chi connectivity index (χ2n) is 8.33. The van der Waals surface area contributed by atoms with Crippen molar-refractivity contribution in [3.63, 3.8) is 0 Å². The third kappa shape index (κ3) is 5.37. The van der Waals surface area contributed by atoms with Gasteiger partial charge >= 0.3 is 0 Å². The number of nitrogens with one attached hydrogen (secondary N) is 1. The van der Waals surface area contributed by atoms with Crippen molar-refractivity contribution in [2.75, 3.05) is 32.7 Å². The molecule has 0 spiro atoms. The van der Waals surface area contributed by atoms with Crippen LogP contribution in [-0.4, -0.2) is 56.3 Å². The van der Waals surface area contributed by atoms with Crippen LogP contribution in [0.5, 0.6) is 0 Å². The summed E-state index contributed by atoms with van der Waals surface area (Å²) in [5.74, 6) is -0.167. The lowest BCUT2D eigenvalue weighted by Crippen LogP contribution is -2.36. The summed E-state index contributed by atoms with van der Waals surface area (Å²) >= 11 is 1.72. The minimum absolute atomic E-state index is 0.167. The third-order valence-electron chi connectivity index (χ3n) is 6.23. The normalized spacial score (nSPS) is 19.7. The smallest absolute Gasteiger partial charge is 0.251 e. The SMILES string of the molecule is O=C(NC[C@H](c1cccs1)N1CCCC1)c1ccc(S(=O)(=O)N2CCCCCC2)cc1. The summed E-state index contributed by atoms with van der Waals surface area (Å²) in [5.41, 5.74) is 0.487. The Labute approximate surface area is 189 Å². The fourth-order valence-corrected chi connectivity index (χ4v) is 6.82. The van der Waals surface area contributed by atoms with Crippen LogP contribution in [0.1, 0.15) is 59.8 Å². The van der Waals surface area contributed by atoms with Gasteiger partial charge in [0, 0.05) is 30.1 Å². The zero-order chi connectivity index (χ0) is 21.7. The Hall–Kier alpha value is -1.74. The van der Waals surface area contributed by atoms with Crippen LogP contribution in [0.2, 0.25) is 0 Å². The van der Waals surface area contributed by atoms with Crippen molar-refractivity contribution in [1.82, 2.24) is 14.5 Å². The van der Waals surface area contributed by atoms with Crippen LogP contribution in [0.25, 0.3) is 0 Å². The minimum Gasteiger partial charge on any atom is -0.350 e. The number of nitrogens with zero attached hydrogens (tertiary/aromatic N) is 2. The highest BCUT2D eigenvalue weighted by Crippen LogP contribution is 2.28. The van der Waals surface area contributed by atoms with E-state index in [-0.39, 0.29) is 16.8 Å². The molecule has 2 aliphatic heterocycles. The molecule has 168 valence electrons. The van der Waals surface area contributed by atoms with E-state index >= 15 is 0 Å². The van der Waals surface area contributed by atoms with Gasteiger partial charge in [0.25, 0.3) is 5.91 Å². The van der Waals surface area contributed by atoms with Crippen molar-refractivity contribution in [2.24, 2.45) is 0 Å². The number of rotatable bonds is 7. The van der Waals surface area contributed by atoms with Gasteiger partial charge in [-0.25, -0.2) is 8.42 Å². The molecule has 1 aromatic carbocycles. The summed E-state index contributed by atoms with van der Waals surface area (Å²) in [4.78, 5) is 16.7. The molecule has 0 unspecified atom stereocenters. The molecule has 0 radical (unpaired) electrons. The molecule has 3 heterocycles. The van der Waals surface area contributed by atoms with E-state index in [1.165, 1.54) is 17.7 Å². The first-order chi connectivity index (χ1) is 15.1. The van der Waals surface area contributed by atoms with E-state index in [0.717, 1.165) is 38.8 Å². The quantitative estimate of drug-likeness (QED) is 0.679. The predicted molar refractivity (Wildman–Crippen MR) is 124 cm³/mol. The molecule has 1 aromatic heterocycles. The van der Waals surface area contributed by atoms with Gasteiger partial charge in [-0.05, 0) is 74.5 Å². The highest BCUT2D eigenvalue weighted by molar-refractivity contribution is 7.89. The lowest BCUT2D eigenvalue weighted by atomic mass is 10.2. The van der Waals surface area contributed by atoms with E-state index in [4.69, 9.17) is 0 Å². The van der Waals surface area contributed by atoms with Gasteiger partial charge in [0.15, 0.2) is 0 Å². The van der Waals surface area contributed by atoms with Crippen LogP contribution < -0.4 is 5.32 Å². The maximum absolute atomic E-state index is 12.9. The number of amides is 1. The van der Waals surface area contributed by atoms with Crippen molar-refractivity contribution < 1.29 is 13.2 Å². The number of benzene rings is 1. The minimum atomic E-state index is -3.50. The van der Waals surface area contributed by atoms with Gasteiger partial charge < -0.3 is 5.32 Å². The number of sulfonamides is 1. The predicted octanol–water partition coefficient (Wildman–Crippen LogP) is 3.88. The zero-order valence-electron chi connectivity index (χ0n) is 17.8. The second kappa shape index (κ2) is 10.3. The Kier molecular flexibility index (Phi) is 7.43. The third-order valence-corrected chi connectivity index (χ3v) is 9.11. The average Bonchev–Trinajstić information content (AvgIpc) is 3.44. The fraction of sp³-hybridized carbons (Fsp3) is 0.522. The molecule has 0 bridgehead atoms. The first-order valence-corrected chi connectivity index (χ1v) is 13.5. The Morgan fingerprint density at radius 1 is 0.935 bits per heavy atom. The molecule has 0 aliphatic carbocycles. The maximum atomic E-state index is 12.9. The van der Waals surface area contributed by atoms with E-state index in [1.54, 1.807) is 39.9 Å². The summed E-state index contributed by atoms with van der Waals surface area (Å²) in [6, 6.07) is 10.7. The molecule has 2 fully saturated rings. The standard InChI is InChI=1S/C23H31N3O3S2/c27-23(24-18-21(22-8-7-17-30-22)25-13-5-6-14-25)19-9-11-20(12-10-19)31(28,29)26-15-3-1-2-4-16-26/h7-12,17,21H,1-6,13-16,18H2,(H,24,27)/t21-/m1/s1. The Balaban J connectivity index is 1.41. The molecule has 1 amide bonds. The monoisotopic (exact) mass is 461 g/mol. The van der Waals surface area contributed by atoms with E-state index < -0.39 is 10.0 Å². The zero-order valence-corrected chi connectivity index (χ0v) is 19.5. The van der Waals surface area contributed by atoms with Gasteiger partial charge in [-0.1, -0.05) is 18.9 Å². The molecule has 2 aliphatic rings. The molecule has 4 rings (SSSR count). The average molecular weight is 462 g/mol. The summed E-state index contributed by atoms with van der Waals surface area (Å²) < 4.78 is 27.5. The van der Waals surface area contributed by atoms with Gasteiger partial charge in [-0.15, -0.1) is 11.3 Å². The first-order valence-electron chi connectivity index (χ1n) is 11.2. The van der Waals surface area contributed by atoms with Gasteiger partial charge in [-0.2, -0.15) is 4.31 Å². The van der Waals surface area contributed by atoms with Crippen molar-refractivity contribution in [1.29, 1.82) is 0 Å². The first kappa shape index (κ1) is 22.5. The Bertz CT molecular complexity index is 944. The Morgan fingerprint density at radius 3 is 2.19 bits per heavy atom. The fourth-order valence-electron chi connectivity index (χ4n) is 4.44. The van der Waals surface area contributed by atoms with Crippen LogP contribution in [0, 0.1) is 0 Å². The summed E-state index contributed by atoms with van der Waals surface area (Å²) in [7, 11) is -3.50. The largest absolute Gasteiger partial charge is 0.350 e. The van der Waals surface area contributed by atoms with E-state index in [0.29, 0.717) is 25.2 Å². The number of thiophene rings is 1. The molecule has 1 N–H and O–H groups in total. The molecule has 6 nitrogen and oxygen atoms in total. The van der Waals surface area contributed by atoms with E-state index in [2.05, 4.69) is 21.7 Å². The highest BCUT2D eigenvalue weighted by atomic mass is 32.2. The van der Waals surface area contributed by atoms with Crippen LogP contribution in [-0.2, 0) is 10.0 Å². The van der Waals surface area contributed by atoms with Crippen molar-refractivity contribution in [3.8, 4) is 0 Å². The molecular weight excluding hydrogens is 430 g/mol. The number of hydrogen-bond acceptors (Lipinski definition) is 5. The number of carbonyl (C=O) groups is 1. The highest BCUT2D eigenvalue weighted by Gasteiger charge is 2.26. The van der Waals surface area contributed by atoms with Crippen molar-refractivity contribution >= 4 is 27.3 Å². The number of likely N-dealkylation sites (tertiary alicyclic amines) is 1. The molecule has 0 saturated carbocycles. The number of carbonyl (C=O) groups excluding carboxylic acids is 1. The van der Waals surface area contributed by atoms with Gasteiger partial charge in [-0.3, -0.25) is 9.69 Å². The summed E-state index contributed by atoms with van der Waals surface area (Å²) in [6.07, 6.45) is 6.36. The van der Waals surface area contributed by atoms with Crippen LogP contribution in [0.3, 0.4) is 0 Å². The van der Waals surface area contributed by atoms with E-state index in [9.17, 15) is 13.2 Å². The number of hydrogen-bond donors (Lipinski definition) is 1. The molecule has 2 aromatic rings. The van der Waals surface area contributed by atoms with Gasteiger partial charge in [0.05, 0.1) is 10.9 Å². The molecule has 31 heavy (non-hydrogen) atoms. The Morgan fingerprint density at radius 2 is 1.58 bits per heavy atom. The maximum Gasteiger partial charge on any atom is 0.251 e. The van der Waals surface area contributed by atoms with E-state index in [1.807, 2.05) is 6.07 Å². The van der Waals surface area contributed by atoms with Crippen molar-refractivity contribution in [3.05, 3.63) is 52.2 Å². The van der Waals surface area contributed by atoms with Crippen LogP contribution in [0.15, 0.2) is 46.7 Å². The molecular formula is C23H31N3O3S2. The summed E-state index contributed by atoms with van der Waals surface area (Å²) in [5, 5.41) is 5.13. The van der Waals surface area contributed by atoms with Crippen LogP contribution in [0.4, 0.5) is 0 Å². The van der Waals surface area contributed by atoms with Crippen molar-refractivity contribution in [2.45, 2.75) is 49.5 Å². The lowest BCUT2D eigenvalue weighted by molar-refractivity contribution is 0.0938. The molecule has 8 heteroatoms. The topological polar surface area (TPSA) is 69.7 Å². The molecule has 1 atom stereocenters.